The van der Waals surface area contributed by atoms with Crippen molar-refractivity contribution >= 4 is 80.3 Å². The van der Waals surface area contributed by atoms with Crippen molar-refractivity contribution < 1.29 is 23.9 Å². The lowest BCUT2D eigenvalue weighted by atomic mass is 10.1. The Morgan fingerprint density at radius 3 is 2.43 bits per heavy atom. The van der Waals surface area contributed by atoms with E-state index in [1.807, 2.05) is 0 Å². The van der Waals surface area contributed by atoms with Crippen molar-refractivity contribution in [1.29, 1.82) is 0 Å². The SMILES string of the molecule is COc1cc(/C=C2/C(=O)NC(=O)N(c3ccc(C)c(Cl)c3)C2=O)cc(Br)c1OCc1ccc(Cl)cc1Cl. The molecule has 0 unspecified atom stereocenters. The van der Waals surface area contributed by atoms with Crippen molar-refractivity contribution in [2.45, 2.75) is 13.5 Å². The second kappa shape index (κ2) is 11.1. The molecule has 1 heterocycles. The number of urea groups is 1. The molecular weight excluding hydrogens is 607 g/mol. The maximum atomic E-state index is 13.2. The van der Waals surface area contributed by atoms with E-state index in [-0.39, 0.29) is 17.9 Å². The molecule has 1 aliphatic rings. The zero-order valence-corrected chi connectivity index (χ0v) is 23.3. The molecule has 1 saturated heterocycles. The van der Waals surface area contributed by atoms with E-state index in [0.717, 1.165) is 16.0 Å². The van der Waals surface area contributed by atoms with Gasteiger partial charge < -0.3 is 9.47 Å². The number of carbonyl (C=O) groups is 3. The van der Waals surface area contributed by atoms with Gasteiger partial charge in [0.05, 0.1) is 17.3 Å². The molecule has 37 heavy (non-hydrogen) atoms. The molecule has 0 spiro atoms. The van der Waals surface area contributed by atoms with Crippen molar-refractivity contribution in [2.24, 2.45) is 0 Å². The topological polar surface area (TPSA) is 84.9 Å². The Hall–Kier alpha value is -3.04. The van der Waals surface area contributed by atoms with Gasteiger partial charge in [0.15, 0.2) is 11.5 Å². The Morgan fingerprint density at radius 1 is 1.00 bits per heavy atom. The van der Waals surface area contributed by atoms with E-state index >= 15 is 0 Å². The predicted molar refractivity (Wildman–Crippen MR) is 147 cm³/mol. The fraction of sp³-hybridized carbons (Fsp3) is 0.115. The molecule has 4 amide bonds. The summed E-state index contributed by atoms with van der Waals surface area (Å²) in [6, 6.07) is 12.2. The van der Waals surface area contributed by atoms with E-state index < -0.39 is 17.8 Å². The maximum Gasteiger partial charge on any atom is 0.335 e. The molecule has 0 aliphatic carbocycles. The van der Waals surface area contributed by atoms with Crippen LogP contribution in [0.3, 0.4) is 0 Å². The summed E-state index contributed by atoms with van der Waals surface area (Å²) in [4.78, 5) is 39.1. The standard InChI is InChI=1S/C26H18BrCl3N2O5/c1-13-3-6-17(11-20(13)29)32-25(34)18(24(33)31-26(32)35)7-14-8-19(27)23(22(9-14)36-2)37-12-15-4-5-16(28)10-21(15)30/h3-11H,12H2,1-2H3,(H,31,33,35)/b18-7-. The smallest absolute Gasteiger partial charge is 0.335 e. The summed E-state index contributed by atoms with van der Waals surface area (Å²) in [5, 5.41) is 3.54. The average molecular weight is 625 g/mol. The van der Waals surface area contributed by atoms with Crippen LogP contribution >= 0.6 is 50.7 Å². The van der Waals surface area contributed by atoms with Crippen molar-refractivity contribution in [3.8, 4) is 11.5 Å². The van der Waals surface area contributed by atoms with Crippen LogP contribution < -0.4 is 19.7 Å². The summed E-state index contributed by atoms with van der Waals surface area (Å²) in [6.45, 7) is 1.93. The van der Waals surface area contributed by atoms with Gasteiger partial charge in [-0.1, -0.05) is 46.9 Å². The summed E-state index contributed by atoms with van der Waals surface area (Å²) in [5.74, 6) is -0.881. The fourth-order valence-electron chi connectivity index (χ4n) is 3.53. The first-order chi connectivity index (χ1) is 17.6. The molecule has 1 fully saturated rings. The van der Waals surface area contributed by atoms with Gasteiger partial charge in [0.1, 0.15) is 12.2 Å². The van der Waals surface area contributed by atoms with E-state index in [2.05, 4.69) is 21.2 Å². The Bertz CT molecular complexity index is 1470. The van der Waals surface area contributed by atoms with E-state index in [9.17, 15) is 14.4 Å². The van der Waals surface area contributed by atoms with Crippen LogP contribution in [0, 0.1) is 6.92 Å². The molecule has 0 bridgehead atoms. The Morgan fingerprint density at radius 2 is 1.76 bits per heavy atom. The molecule has 11 heteroatoms. The van der Waals surface area contributed by atoms with Crippen LogP contribution in [0.4, 0.5) is 10.5 Å². The number of rotatable bonds is 6. The van der Waals surface area contributed by atoms with Crippen LogP contribution in [0.1, 0.15) is 16.7 Å². The second-order valence-corrected chi connectivity index (χ2v) is 10.1. The lowest BCUT2D eigenvalue weighted by Gasteiger charge is -2.26. The van der Waals surface area contributed by atoms with Crippen LogP contribution in [0.2, 0.25) is 15.1 Å². The Kier molecular flexibility index (Phi) is 8.14. The largest absolute Gasteiger partial charge is 0.493 e. The number of anilines is 1. The van der Waals surface area contributed by atoms with Gasteiger partial charge in [0.2, 0.25) is 0 Å². The van der Waals surface area contributed by atoms with Gasteiger partial charge in [-0.25, -0.2) is 9.69 Å². The van der Waals surface area contributed by atoms with Crippen molar-refractivity contribution in [3.05, 3.63) is 90.3 Å². The number of aryl methyl sites for hydroxylation is 1. The highest BCUT2D eigenvalue weighted by molar-refractivity contribution is 9.10. The number of amides is 4. The van der Waals surface area contributed by atoms with Crippen molar-refractivity contribution in [3.63, 3.8) is 0 Å². The minimum absolute atomic E-state index is 0.141. The van der Waals surface area contributed by atoms with Crippen molar-refractivity contribution in [1.82, 2.24) is 5.32 Å². The summed E-state index contributed by atoms with van der Waals surface area (Å²) in [5.41, 5.74) is 1.94. The zero-order valence-electron chi connectivity index (χ0n) is 19.4. The lowest BCUT2D eigenvalue weighted by Crippen LogP contribution is -2.54. The van der Waals surface area contributed by atoms with Gasteiger partial charge in [0, 0.05) is 20.6 Å². The van der Waals surface area contributed by atoms with Crippen molar-refractivity contribution in [2.75, 3.05) is 12.0 Å². The zero-order chi connectivity index (χ0) is 26.9. The summed E-state index contributed by atoms with van der Waals surface area (Å²) >= 11 is 21.8. The number of hydrogen-bond acceptors (Lipinski definition) is 5. The number of ether oxygens (including phenoxy) is 2. The van der Waals surface area contributed by atoms with E-state index in [1.165, 1.54) is 19.3 Å². The number of hydrogen-bond donors (Lipinski definition) is 1. The van der Waals surface area contributed by atoms with E-state index in [1.54, 1.807) is 49.4 Å². The molecular formula is C26H18BrCl3N2O5. The highest BCUT2D eigenvalue weighted by Crippen LogP contribution is 2.38. The molecule has 190 valence electrons. The van der Waals surface area contributed by atoms with E-state index in [4.69, 9.17) is 44.3 Å². The molecule has 0 saturated carbocycles. The van der Waals surface area contributed by atoms with Crippen LogP contribution in [0.5, 0.6) is 11.5 Å². The number of nitrogens with zero attached hydrogens (tertiary/aromatic N) is 1. The van der Waals surface area contributed by atoms with Crippen LogP contribution in [0.15, 0.2) is 58.6 Å². The summed E-state index contributed by atoms with van der Waals surface area (Å²) < 4.78 is 11.9. The highest BCUT2D eigenvalue weighted by Gasteiger charge is 2.37. The second-order valence-electron chi connectivity index (χ2n) is 7.95. The monoisotopic (exact) mass is 622 g/mol. The maximum absolute atomic E-state index is 13.2. The third kappa shape index (κ3) is 5.78. The quantitative estimate of drug-likeness (QED) is 0.237. The van der Waals surface area contributed by atoms with Gasteiger partial charge in [-0.15, -0.1) is 0 Å². The molecule has 1 aliphatic heterocycles. The summed E-state index contributed by atoms with van der Waals surface area (Å²) in [7, 11) is 1.46. The highest BCUT2D eigenvalue weighted by atomic mass is 79.9. The fourth-order valence-corrected chi connectivity index (χ4v) is 4.74. The molecule has 3 aromatic carbocycles. The van der Waals surface area contributed by atoms with Crippen LogP contribution in [0.25, 0.3) is 6.08 Å². The Balaban J connectivity index is 1.65. The third-order valence-electron chi connectivity index (χ3n) is 5.47. The number of halogens is 4. The molecule has 0 radical (unpaired) electrons. The van der Waals surface area contributed by atoms with Gasteiger partial charge in [-0.3, -0.25) is 14.9 Å². The minimum atomic E-state index is -0.865. The number of imide groups is 2. The van der Waals surface area contributed by atoms with Gasteiger partial charge >= 0.3 is 6.03 Å². The number of barbiturate groups is 1. The number of nitrogens with one attached hydrogen (secondary N) is 1. The number of methoxy groups -OCH3 is 1. The predicted octanol–water partition coefficient (Wildman–Crippen LogP) is 6.97. The molecule has 0 atom stereocenters. The summed E-state index contributed by atoms with van der Waals surface area (Å²) in [6.07, 6.45) is 1.36. The number of carbonyl (C=O) groups excluding carboxylic acids is 3. The normalized spacial score (nSPS) is 14.7. The van der Waals surface area contributed by atoms with Gasteiger partial charge in [-0.2, -0.15) is 0 Å². The molecule has 4 rings (SSSR count). The first kappa shape index (κ1) is 27.0. The van der Waals surface area contributed by atoms with Gasteiger partial charge in [-0.05, 0) is 76.5 Å². The first-order valence-corrected chi connectivity index (χ1v) is 12.6. The van der Waals surface area contributed by atoms with Crippen LogP contribution in [-0.4, -0.2) is 25.0 Å². The number of benzene rings is 3. The third-order valence-corrected chi connectivity index (χ3v) is 7.05. The Labute approximate surface area is 236 Å². The average Bonchev–Trinajstić information content (AvgIpc) is 2.84. The van der Waals surface area contributed by atoms with E-state index in [0.29, 0.717) is 36.6 Å². The molecule has 7 nitrogen and oxygen atoms in total. The van der Waals surface area contributed by atoms with Crippen LogP contribution in [-0.2, 0) is 16.2 Å². The molecule has 0 aromatic heterocycles. The minimum Gasteiger partial charge on any atom is -0.493 e. The molecule has 1 N–H and O–H groups in total. The molecule has 3 aromatic rings. The lowest BCUT2D eigenvalue weighted by molar-refractivity contribution is -0.122. The van der Waals surface area contributed by atoms with Gasteiger partial charge in [0.25, 0.3) is 11.8 Å². The first-order valence-electron chi connectivity index (χ1n) is 10.7.